The second-order valence-corrected chi connectivity index (χ2v) is 7.17. The predicted octanol–water partition coefficient (Wildman–Crippen LogP) is 2.12. The number of carbonyl (C=O) groups excluding carboxylic acids is 2. The van der Waals surface area contributed by atoms with Gasteiger partial charge in [0.05, 0.1) is 6.26 Å². The van der Waals surface area contributed by atoms with Crippen molar-refractivity contribution in [2.75, 3.05) is 32.7 Å². The fraction of sp³-hybridized carbons (Fsp3) is 0.684. The molecule has 0 atom stereocenters. The van der Waals surface area contributed by atoms with Gasteiger partial charge in [-0.05, 0) is 50.8 Å². The second kappa shape index (κ2) is 8.52. The minimum Gasteiger partial charge on any atom is -0.459 e. The molecule has 3 rings (SSSR count). The van der Waals surface area contributed by atoms with Crippen molar-refractivity contribution in [3.05, 3.63) is 24.2 Å². The molecule has 0 aromatic carbocycles. The van der Waals surface area contributed by atoms with Crippen LogP contribution in [0.5, 0.6) is 0 Å². The molecule has 2 amide bonds. The lowest BCUT2D eigenvalue weighted by Crippen LogP contribution is -2.48. The molecule has 0 spiro atoms. The molecule has 0 bridgehead atoms. The van der Waals surface area contributed by atoms with Crippen LogP contribution in [-0.2, 0) is 4.79 Å². The Balaban J connectivity index is 1.41. The first kappa shape index (κ1) is 18.0. The molecule has 2 aliphatic rings. The molecule has 6 nitrogen and oxygen atoms in total. The third-order valence-corrected chi connectivity index (χ3v) is 5.36. The Labute approximate surface area is 149 Å². The van der Waals surface area contributed by atoms with E-state index in [-0.39, 0.29) is 17.7 Å². The topological polar surface area (TPSA) is 65.8 Å². The maximum absolute atomic E-state index is 12.5. The van der Waals surface area contributed by atoms with Crippen LogP contribution in [0.25, 0.3) is 0 Å². The Morgan fingerprint density at radius 1 is 1.16 bits per heavy atom. The molecule has 6 heteroatoms. The van der Waals surface area contributed by atoms with Gasteiger partial charge in [-0.2, -0.15) is 0 Å². The summed E-state index contributed by atoms with van der Waals surface area (Å²) in [6, 6.07) is 3.72. The first-order chi connectivity index (χ1) is 12.2. The number of nitrogens with zero attached hydrogens (tertiary/aromatic N) is 2. The highest BCUT2D eigenvalue weighted by molar-refractivity contribution is 5.91. The highest BCUT2D eigenvalue weighted by atomic mass is 16.3. The zero-order chi connectivity index (χ0) is 17.6. The number of furan rings is 1. The summed E-state index contributed by atoms with van der Waals surface area (Å²) in [5.41, 5.74) is 0. The summed E-state index contributed by atoms with van der Waals surface area (Å²) < 4.78 is 5.17. The van der Waals surface area contributed by atoms with E-state index in [0.29, 0.717) is 24.9 Å². The van der Waals surface area contributed by atoms with E-state index in [1.807, 2.05) is 0 Å². The number of nitrogens with one attached hydrogen (secondary N) is 1. The number of rotatable bonds is 5. The van der Waals surface area contributed by atoms with E-state index < -0.39 is 0 Å². The highest BCUT2D eigenvalue weighted by Gasteiger charge is 2.30. The highest BCUT2D eigenvalue weighted by Crippen LogP contribution is 2.20. The van der Waals surface area contributed by atoms with E-state index in [2.05, 4.69) is 17.1 Å². The third kappa shape index (κ3) is 4.63. The summed E-state index contributed by atoms with van der Waals surface area (Å²) in [6.45, 7) is 6.75. The molecule has 0 saturated carbocycles. The van der Waals surface area contributed by atoms with Crippen LogP contribution < -0.4 is 5.32 Å². The van der Waals surface area contributed by atoms with Crippen LogP contribution in [-0.4, -0.2) is 60.4 Å². The molecule has 2 fully saturated rings. The van der Waals surface area contributed by atoms with Crippen molar-refractivity contribution in [2.45, 2.75) is 45.1 Å². The molecule has 0 aliphatic carbocycles. The lowest BCUT2D eigenvalue weighted by atomic mass is 9.94. The number of hydrogen-bond acceptors (Lipinski definition) is 4. The monoisotopic (exact) mass is 347 g/mol. The van der Waals surface area contributed by atoms with Crippen LogP contribution in [0, 0.1) is 5.92 Å². The van der Waals surface area contributed by atoms with E-state index in [1.54, 1.807) is 17.0 Å². The molecule has 1 aromatic heterocycles. The molecular formula is C19H29N3O3. The summed E-state index contributed by atoms with van der Waals surface area (Å²) in [6.07, 6.45) is 6.24. The Hall–Kier alpha value is -1.82. The molecule has 3 heterocycles. The van der Waals surface area contributed by atoms with Gasteiger partial charge in [0.1, 0.15) is 0 Å². The van der Waals surface area contributed by atoms with Gasteiger partial charge in [0.15, 0.2) is 5.76 Å². The lowest BCUT2D eigenvalue weighted by Gasteiger charge is -2.34. The smallest absolute Gasteiger partial charge is 0.289 e. The Bertz CT molecular complexity index is 556. The number of likely N-dealkylation sites (tertiary alicyclic amines) is 2. The summed E-state index contributed by atoms with van der Waals surface area (Å²) in [7, 11) is 0. The van der Waals surface area contributed by atoms with Crippen molar-refractivity contribution in [1.82, 2.24) is 15.1 Å². The van der Waals surface area contributed by atoms with Crippen molar-refractivity contribution >= 4 is 11.8 Å². The van der Waals surface area contributed by atoms with Gasteiger partial charge in [-0.1, -0.05) is 6.92 Å². The van der Waals surface area contributed by atoms with Gasteiger partial charge in [-0.15, -0.1) is 0 Å². The van der Waals surface area contributed by atoms with Crippen LogP contribution in [0.15, 0.2) is 22.8 Å². The molecular weight excluding hydrogens is 318 g/mol. The minimum absolute atomic E-state index is 0.0225. The minimum atomic E-state index is -0.0767. The lowest BCUT2D eigenvalue weighted by molar-refractivity contribution is -0.127. The van der Waals surface area contributed by atoms with Gasteiger partial charge < -0.3 is 19.5 Å². The van der Waals surface area contributed by atoms with E-state index in [9.17, 15) is 9.59 Å². The van der Waals surface area contributed by atoms with E-state index in [4.69, 9.17) is 4.42 Å². The zero-order valence-corrected chi connectivity index (χ0v) is 15.1. The molecule has 138 valence electrons. The Kier molecular flexibility index (Phi) is 6.13. The summed E-state index contributed by atoms with van der Waals surface area (Å²) >= 11 is 0. The van der Waals surface area contributed by atoms with Crippen molar-refractivity contribution in [2.24, 2.45) is 5.92 Å². The van der Waals surface area contributed by atoms with E-state index in [1.165, 1.54) is 12.7 Å². The first-order valence-electron chi connectivity index (χ1n) is 9.53. The maximum Gasteiger partial charge on any atom is 0.289 e. The number of carbonyl (C=O) groups is 2. The molecule has 0 unspecified atom stereocenters. The molecule has 2 aliphatic heterocycles. The molecule has 0 radical (unpaired) electrons. The fourth-order valence-corrected chi connectivity index (χ4v) is 3.84. The van der Waals surface area contributed by atoms with Crippen molar-refractivity contribution in [3.8, 4) is 0 Å². The Morgan fingerprint density at radius 3 is 2.48 bits per heavy atom. The van der Waals surface area contributed by atoms with Gasteiger partial charge >= 0.3 is 0 Å². The van der Waals surface area contributed by atoms with Gasteiger partial charge in [-0.25, -0.2) is 0 Å². The molecule has 1 aromatic rings. The number of amides is 2. The SMILES string of the molecule is CCCN1CCC(NC(=O)C2CCN(C(=O)c3ccco3)CC2)CC1. The van der Waals surface area contributed by atoms with Crippen molar-refractivity contribution < 1.29 is 14.0 Å². The van der Waals surface area contributed by atoms with Crippen LogP contribution in [0.2, 0.25) is 0 Å². The van der Waals surface area contributed by atoms with Crippen molar-refractivity contribution in [3.63, 3.8) is 0 Å². The number of hydrogen-bond donors (Lipinski definition) is 1. The Morgan fingerprint density at radius 2 is 1.88 bits per heavy atom. The molecule has 2 saturated heterocycles. The normalized spacial score (nSPS) is 20.6. The molecule has 25 heavy (non-hydrogen) atoms. The van der Waals surface area contributed by atoms with Gasteiger partial charge in [-0.3, -0.25) is 9.59 Å². The molecule has 1 N–H and O–H groups in total. The summed E-state index contributed by atoms with van der Waals surface area (Å²) in [4.78, 5) is 29.1. The van der Waals surface area contributed by atoms with Gasteiger partial charge in [0.25, 0.3) is 5.91 Å². The summed E-state index contributed by atoms with van der Waals surface area (Å²) in [5.74, 6) is 0.488. The maximum atomic E-state index is 12.5. The van der Waals surface area contributed by atoms with Crippen LogP contribution in [0.3, 0.4) is 0 Å². The summed E-state index contributed by atoms with van der Waals surface area (Å²) in [5, 5.41) is 3.24. The average molecular weight is 347 g/mol. The predicted molar refractivity (Wildman–Crippen MR) is 95.2 cm³/mol. The number of piperidine rings is 2. The van der Waals surface area contributed by atoms with Crippen molar-refractivity contribution in [1.29, 1.82) is 0 Å². The zero-order valence-electron chi connectivity index (χ0n) is 15.1. The van der Waals surface area contributed by atoms with Crippen LogP contribution in [0.4, 0.5) is 0 Å². The largest absolute Gasteiger partial charge is 0.459 e. The van der Waals surface area contributed by atoms with Gasteiger partial charge in [0.2, 0.25) is 5.91 Å². The second-order valence-electron chi connectivity index (χ2n) is 7.17. The third-order valence-electron chi connectivity index (χ3n) is 5.36. The van der Waals surface area contributed by atoms with E-state index in [0.717, 1.165) is 45.3 Å². The van der Waals surface area contributed by atoms with E-state index >= 15 is 0 Å². The fourth-order valence-electron chi connectivity index (χ4n) is 3.84. The van der Waals surface area contributed by atoms with Crippen LogP contribution in [0.1, 0.15) is 49.6 Å². The van der Waals surface area contributed by atoms with Gasteiger partial charge in [0, 0.05) is 38.1 Å². The first-order valence-corrected chi connectivity index (χ1v) is 9.53. The standard InChI is InChI=1S/C19H29N3O3/c1-2-9-21-10-7-16(8-11-21)20-18(23)15-5-12-22(13-6-15)19(24)17-4-3-14-25-17/h3-4,14-16H,2,5-13H2,1H3,(H,20,23). The average Bonchev–Trinajstić information content (AvgIpc) is 3.18. The van der Waals surface area contributed by atoms with Crippen LogP contribution >= 0.6 is 0 Å². The quantitative estimate of drug-likeness (QED) is 0.886.